The number of rotatable bonds is 11. The summed E-state index contributed by atoms with van der Waals surface area (Å²) in [7, 11) is 0. The Bertz CT molecular complexity index is 1380. The van der Waals surface area contributed by atoms with Gasteiger partial charge < -0.3 is 32.8 Å². The third-order valence-electron chi connectivity index (χ3n) is 5.27. The molecule has 4 heterocycles. The SMILES string of the molecule is NC(N)=NCCSCc1cnccc1SC1=C(C(=O)O)N2C(=O)[C@@H](NC(=O)/C(=N/O)c3nsc(N)n3)C2SC1. The molecular formula is C20H22N10O5S4. The van der Waals surface area contributed by atoms with Crippen molar-refractivity contribution < 1.29 is 24.7 Å². The van der Waals surface area contributed by atoms with Crippen molar-refractivity contribution in [3.8, 4) is 0 Å². The fourth-order valence-corrected chi connectivity index (χ4v) is 7.49. The number of pyridine rings is 1. The highest BCUT2D eigenvalue weighted by atomic mass is 32.2. The second-order valence-electron chi connectivity index (χ2n) is 7.79. The van der Waals surface area contributed by atoms with Gasteiger partial charge in [0.1, 0.15) is 17.1 Å². The Morgan fingerprint density at radius 2 is 2.13 bits per heavy atom. The van der Waals surface area contributed by atoms with Gasteiger partial charge in [0.25, 0.3) is 11.8 Å². The summed E-state index contributed by atoms with van der Waals surface area (Å²) in [6, 6.07) is 0.754. The molecule has 0 spiro atoms. The van der Waals surface area contributed by atoms with Crippen molar-refractivity contribution >= 4 is 81.4 Å². The molecule has 1 saturated heterocycles. The van der Waals surface area contributed by atoms with Gasteiger partial charge in [-0.3, -0.25) is 24.5 Å². The van der Waals surface area contributed by atoms with E-state index in [4.69, 9.17) is 17.2 Å². The maximum atomic E-state index is 13.0. The van der Waals surface area contributed by atoms with E-state index in [1.54, 1.807) is 30.2 Å². The topological polar surface area (TPSA) is 248 Å². The molecule has 2 amide bonds. The molecule has 0 bridgehead atoms. The lowest BCUT2D eigenvalue weighted by molar-refractivity contribution is -0.150. The van der Waals surface area contributed by atoms with E-state index in [0.29, 0.717) is 23.0 Å². The van der Waals surface area contributed by atoms with Crippen LogP contribution in [0.1, 0.15) is 11.4 Å². The Morgan fingerprint density at radius 1 is 1.33 bits per heavy atom. The van der Waals surface area contributed by atoms with Crippen LogP contribution in [0, 0.1) is 0 Å². The Morgan fingerprint density at radius 3 is 2.79 bits per heavy atom. The van der Waals surface area contributed by atoms with Gasteiger partial charge in [-0.15, -0.1) is 11.8 Å². The molecule has 39 heavy (non-hydrogen) atoms. The maximum absolute atomic E-state index is 13.0. The van der Waals surface area contributed by atoms with E-state index in [9.17, 15) is 24.7 Å². The first-order valence-electron chi connectivity index (χ1n) is 11.0. The fraction of sp³-hybridized carbons (Fsp3) is 0.300. The van der Waals surface area contributed by atoms with Crippen LogP contribution in [0.4, 0.5) is 5.13 Å². The number of amides is 2. The number of hydrogen-bond donors (Lipinski definition) is 6. The third-order valence-corrected chi connectivity index (χ3v) is 9.46. The van der Waals surface area contributed by atoms with Crippen LogP contribution in [0.15, 0.2) is 44.1 Å². The molecule has 2 aliphatic rings. The van der Waals surface area contributed by atoms with Crippen LogP contribution in [0.3, 0.4) is 0 Å². The zero-order valence-electron chi connectivity index (χ0n) is 19.9. The number of carbonyl (C=O) groups excluding carboxylic acids is 2. The van der Waals surface area contributed by atoms with E-state index in [2.05, 4.69) is 29.8 Å². The molecule has 1 fully saturated rings. The van der Waals surface area contributed by atoms with Gasteiger partial charge >= 0.3 is 5.97 Å². The summed E-state index contributed by atoms with van der Waals surface area (Å²) in [5, 5.41) is 24.1. The Hall–Kier alpha value is -3.55. The normalized spacial score (nSPS) is 18.8. The lowest BCUT2D eigenvalue weighted by Crippen LogP contribution is -2.71. The summed E-state index contributed by atoms with van der Waals surface area (Å²) in [5.74, 6) is -1.35. The predicted molar refractivity (Wildman–Crippen MR) is 149 cm³/mol. The molecule has 4 rings (SSSR count). The zero-order valence-corrected chi connectivity index (χ0v) is 23.1. The van der Waals surface area contributed by atoms with Crippen molar-refractivity contribution in [3.05, 3.63) is 40.5 Å². The second kappa shape index (κ2) is 12.5. The maximum Gasteiger partial charge on any atom is 0.353 e. The van der Waals surface area contributed by atoms with Crippen LogP contribution < -0.4 is 22.5 Å². The number of oxime groups is 1. The van der Waals surface area contributed by atoms with E-state index >= 15 is 0 Å². The van der Waals surface area contributed by atoms with E-state index in [1.165, 1.54) is 23.5 Å². The highest BCUT2D eigenvalue weighted by Crippen LogP contribution is 2.45. The molecule has 2 aromatic rings. The molecule has 1 unspecified atom stereocenters. The summed E-state index contributed by atoms with van der Waals surface area (Å²) >= 11 is 4.97. The molecule has 0 aromatic carbocycles. The number of aliphatic imine (C=N–C) groups is 1. The number of carboxylic acids is 1. The zero-order chi connectivity index (χ0) is 28.1. The van der Waals surface area contributed by atoms with Crippen LogP contribution in [0.5, 0.6) is 0 Å². The third kappa shape index (κ3) is 6.37. The van der Waals surface area contributed by atoms with Crippen molar-refractivity contribution in [2.24, 2.45) is 21.6 Å². The summed E-state index contributed by atoms with van der Waals surface area (Å²) in [6.07, 6.45) is 3.32. The van der Waals surface area contributed by atoms with Crippen molar-refractivity contribution in [2.45, 2.75) is 22.1 Å². The number of nitrogens with zero attached hydrogens (tertiary/aromatic N) is 6. The number of carboxylic acid groups (broad SMARTS) is 1. The number of nitrogens with two attached hydrogens (primary N) is 3. The molecule has 2 atom stereocenters. The van der Waals surface area contributed by atoms with Gasteiger partial charge in [-0.1, -0.05) is 16.9 Å². The molecular weight excluding hydrogens is 589 g/mol. The van der Waals surface area contributed by atoms with Crippen LogP contribution >= 0.6 is 46.8 Å². The number of aromatic nitrogens is 3. The lowest BCUT2D eigenvalue weighted by atomic mass is 10.0. The highest BCUT2D eigenvalue weighted by molar-refractivity contribution is 8.06. The number of nitrogen functional groups attached to an aromatic ring is 1. The molecule has 2 aliphatic heterocycles. The number of aliphatic carboxylic acids is 1. The number of fused-ring (bicyclic) bond motifs is 1. The van der Waals surface area contributed by atoms with Crippen molar-refractivity contribution in [2.75, 3.05) is 23.8 Å². The van der Waals surface area contributed by atoms with E-state index in [1.807, 2.05) is 0 Å². The Kier molecular flexibility index (Phi) is 9.15. The summed E-state index contributed by atoms with van der Waals surface area (Å²) in [4.78, 5) is 52.3. The number of thioether (sulfide) groups is 3. The van der Waals surface area contributed by atoms with Crippen molar-refractivity contribution in [1.29, 1.82) is 0 Å². The first kappa shape index (κ1) is 28.5. The molecule has 15 nitrogen and oxygen atoms in total. The molecule has 0 saturated carbocycles. The minimum absolute atomic E-state index is 0.0282. The first-order chi connectivity index (χ1) is 18.7. The summed E-state index contributed by atoms with van der Waals surface area (Å²) < 4.78 is 3.83. The average molecular weight is 611 g/mol. The van der Waals surface area contributed by atoms with Crippen LogP contribution in [0.25, 0.3) is 0 Å². The Labute approximate surface area is 237 Å². The Balaban J connectivity index is 1.47. The number of anilines is 1. The van der Waals surface area contributed by atoms with Gasteiger partial charge in [0.05, 0.1) is 6.54 Å². The van der Waals surface area contributed by atoms with Gasteiger partial charge in [0, 0.05) is 51.0 Å². The van der Waals surface area contributed by atoms with Gasteiger partial charge in [-0.2, -0.15) is 21.1 Å². The van der Waals surface area contributed by atoms with E-state index in [-0.39, 0.29) is 28.4 Å². The number of hydrogen-bond acceptors (Lipinski definition) is 14. The molecule has 9 N–H and O–H groups in total. The lowest BCUT2D eigenvalue weighted by Gasteiger charge is -2.49. The van der Waals surface area contributed by atoms with E-state index < -0.39 is 34.9 Å². The van der Waals surface area contributed by atoms with Gasteiger partial charge in [0.15, 0.2) is 11.1 Å². The van der Waals surface area contributed by atoms with Crippen LogP contribution in [-0.4, -0.2) is 88.5 Å². The highest BCUT2D eigenvalue weighted by Gasteiger charge is 2.54. The smallest absolute Gasteiger partial charge is 0.353 e. The summed E-state index contributed by atoms with van der Waals surface area (Å²) in [6.45, 7) is 0.469. The predicted octanol–water partition coefficient (Wildman–Crippen LogP) is -0.311. The van der Waals surface area contributed by atoms with E-state index in [0.717, 1.165) is 26.9 Å². The largest absolute Gasteiger partial charge is 0.477 e. The second-order valence-corrected chi connectivity index (χ2v) is 11.9. The number of guanidine groups is 1. The first-order valence-corrected chi connectivity index (χ1v) is 14.8. The number of carbonyl (C=O) groups is 3. The fourth-order valence-electron chi connectivity index (χ4n) is 3.58. The minimum Gasteiger partial charge on any atom is -0.477 e. The molecule has 0 aliphatic carbocycles. The standard InChI is InChI=1S/C20H22N10O5S4/c21-19(22)25-3-4-36-6-8-5-24-2-1-9(8)38-10-7-37-17-12(16(32)30(17)13(10)18(33)34)26-15(31)11(28-35)14-27-20(23)39-29-14/h1-2,5,12,17,35H,3-4,6-7H2,(H,26,31)(H,33,34)(H4,21,22,25)(H2,23,27,29)/b28-11+/t12-,17?/m1/s1. The number of β-lactam (4-membered cyclic amide) rings is 1. The van der Waals surface area contributed by atoms with Crippen LogP contribution in [0.2, 0.25) is 0 Å². The summed E-state index contributed by atoms with van der Waals surface area (Å²) in [5.41, 5.74) is 16.4. The molecule has 0 radical (unpaired) electrons. The minimum atomic E-state index is -1.26. The van der Waals surface area contributed by atoms with Crippen LogP contribution in [-0.2, 0) is 20.1 Å². The van der Waals surface area contributed by atoms with Gasteiger partial charge in [-0.05, 0) is 11.6 Å². The van der Waals surface area contributed by atoms with Crippen molar-refractivity contribution in [3.63, 3.8) is 0 Å². The van der Waals surface area contributed by atoms with Gasteiger partial charge in [0.2, 0.25) is 11.5 Å². The molecule has 19 heteroatoms. The molecule has 206 valence electrons. The van der Waals surface area contributed by atoms with Crippen molar-refractivity contribution in [1.82, 2.24) is 24.6 Å². The average Bonchev–Trinajstić information content (AvgIpc) is 3.33. The quantitative estimate of drug-likeness (QED) is 0.0477. The monoisotopic (exact) mass is 610 g/mol. The number of nitrogens with one attached hydrogen (secondary N) is 1. The van der Waals surface area contributed by atoms with Gasteiger partial charge in [-0.25, -0.2) is 4.79 Å². The molecule has 2 aromatic heterocycles.